The van der Waals surface area contributed by atoms with Crippen LogP contribution in [0.3, 0.4) is 0 Å². The molecule has 1 aromatic carbocycles. The zero-order valence-electron chi connectivity index (χ0n) is 9.07. The Labute approximate surface area is 106 Å². The van der Waals surface area contributed by atoms with E-state index in [-0.39, 0.29) is 17.1 Å². The van der Waals surface area contributed by atoms with Crippen LogP contribution in [-0.4, -0.2) is 10.2 Å². The Morgan fingerprint density at radius 2 is 1.88 bits per heavy atom. The molecule has 0 atom stereocenters. The van der Waals surface area contributed by atoms with Gasteiger partial charge >= 0.3 is 0 Å². The summed E-state index contributed by atoms with van der Waals surface area (Å²) in [6.07, 6.45) is 6.20. The van der Waals surface area contributed by atoms with E-state index in [1.165, 1.54) is 0 Å². The summed E-state index contributed by atoms with van der Waals surface area (Å²) in [6, 6.07) is 10.0. The minimum Gasteiger partial charge on any atom is -0.481 e. The van der Waals surface area contributed by atoms with Gasteiger partial charge in [-0.15, -0.1) is 0 Å². The molecular formula is C13H15FeO2-. The first-order valence-electron chi connectivity index (χ1n) is 4.92. The van der Waals surface area contributed by atoms with E-state index >= 15 is 0 Å². The summed E-state index contributed by atoms with van der Waals surface area (Å²) >= 11 is 0. The molecule has 0 bridgehead atoms. The summed E-state index contributed by atoms with van der Waals surface area (Å²) in [4.78, 5) is 0. The van der Waals surface area contributed by atoms with Crippen LogP contribution in [0.4, 0.5) is 0 Å². The summed E-state index contributed by atoms with van der Waals surface area (Å²) in [6.45, 7) is 1.97. The molecule has 0 saturated carbocycles. The second-order valence-electron chi connectivity index (χ2n) is 3.10. The zero-order valence-corrected chi connectivity index (χ0v) is 10.2. The van der Waals surface area contributed by atoms with Crippen LogP contribution in [0.2, 0.25) is 0 Å². The Morgan fingerprint density at radius 3 is 2.19 bits per heavy atom. The van der Waals surface area contributed by atoms with Gasteiger partial charge in [0.15, 0.2) is 0 Å². The van der Waals surface area contributed by atoms with Gasteiger partial charge in [0.2, 0.25) is 0 Å². The molecule has 0 amide bonds. The molecule has 0 fully saturated rings. The first-order chi connectivity index (χ1) is 7.25. The van der Waals surface area contributed by atoms with Crippen LogP contribution < -0.4 is 0 Å². The topological polar surface area (TPSA) is 40.5 Å². The van der Waals surface area contributed by atoms with Crippen LogP contribution in [0.5, 0.6) is 0 Å². The fourth-order valence-electron chi connectivity index (χ4n) is 1.30. The van der Waals surface area contributed by atoms with Crippen LogP contribution in [0.15, 0.2) is 65.7 Å². The largest absolute Gasteiger partial charge is 0.481 e. The summed E-state index contributed by atoms with van der Waals surface area (Å²) in [5.74, 6) is -0.582. The number of aliphatic hydroxyl groups is 2. The number of allylic oxidation sites excluding steroid dienone is 5. The third-order valence-corrected chi connectivity index (χ3v) is 2.08. The van der Waals surface area contributed by atoms with E-state index in [4.69, 9.17) is 10.2 Å². The molecule has 0 aromatic heterocycles. The summed E-state index contributed by atoms with van der Waals surface area (Å²) in [5.41, 5.74) is 1.52. The monoisotopic (exact) mass is 259 g/mol. The molecule has 0 radical (unpaired) electrons. The number of rotatable bonds is 1. The quantitative estimate of drug-likeness (QED) is 0.459. The summed E-state index contributed by atoms with van der Waals surface area (Å²) < 4.78 is 0. The van der Waals surface area contributed by atoms with Crippen LogP contribution in [0, 0.1) is 0 Å². The van der Waals surface area contributed by atoms with Gasteiger partial charge in [-0.2, -0.15) is 18.2 Å². The number of aliphatic hydroxyl groups excluding tert-OH is 1. The van der Waals surface area contributed by atoms with Crippen molar-refractivity contribution < 1.29 is 27.3 Å². The third-order valence-electron chi connectivity index (χ3n) is 2.08. The average Bonchev–Trinajstić information content (AvgIpc) is 2.92. The molecule has 1 aliphatic rings. The molecule has 2 rings (SSSR count). The molecule has 0 aliphatic heterocycles. The van der Waals surface area contributed by atoms with Crippen molar-refractivity contribution in [3.8, 4) is 0 Å². The Kier molecular flexibility index (Phi) is 7.27. The van der Waals surface area contributed by atoms with Crippen LogP contribution in [-0.2, 0) is 17.1 Å². The van der Waals surface area contributed by atoms with Crippen molar-refractivity contribution >= 4 is 0 Å². The van der Waals surface area contributed by atoms with Gasteiger partial charge in [0.25, 0.3) is 5.95 Å². The van der Waals surface area contributed by atoms with Gasteiger partial charge in [-0.05, 0) is 18.1 Å². The fraction of sp³-hybridized carbons (Fsp3) is 0.154. The van der Waals surface area contributed by atoms with Gasteiger partial charge in [-0.3, -0.25) is 0 Å². The predicted molar refractivity (Wildman–Crippen MR) is 61.8 cm³/mol. The molecule has 0 unspecified atom stereocenters. The summed E-state index contributed by atoms with van der Waals surface area (Å²) in [7, 11) is 0. The first kappa shape index (κ1) is 14.7. The van der Waals surface area contributed by atoms with Gasteiger partial charge in [-0.1, -0.05) is 19.1 Å². The molecule has 16 heavy (non-hydrogen) atoms. The minimum atomic E-state index is -0.582. The molecule has 2 N–H and O–H groups in total. The van der Waals surface area contributed by atoms with E-state index in [0.717, 1.165) is 12.0 Å². The van der Waals surface area contributed by atoms with Gasteiger partial charge < -0.3 is 10.2 Å². The minimum absolute atomic E-state index is 0. The van der Waals surface area contributed by atoms with Crippen molar-refractivity contribution in [2.75, 3.05) is 0 Å². The second kappa shape index (κ2) is 7.91. The Morgan fingerprint density at radius 1 is 1.25 bits per heavy atom. The predicted octanol–water partition coefficient (Wildman–Crippen LogP) is 3.62. The molecular weight excluding hydrogens is 244 g/mol. The zero-order chi connectivity index (χ0) is 11.1. The summed E-state index contributed by atoms with van der Waals surface area (Å²) in [5, 5.41) is 17.4. The van der Waals surface area contributed by atoms with Gasteiger partial charge in [0.05, 0.1) is 5.57 Å². The maximum absolute atomic E-state index is 8.70. The van der Waals surface area contributed by atoms with Crippen LogP contribution in [0.1, 0.15) is 13.3 Å². The Bertz CT molecular complexity index is 351. The van der Waals surface area contributed by atoms with E-state index < -0.39 is 5.95 Å². The van der Waals surface area contributed by atoms with Crippen molar-refractivity contribution in [1.82, 2.24) is 0 Å². The molecule has 2 nitrogen and oxygen atoms in total. The van der Waals surface area contributed by atoms with Crippen molar-refractivity contribution in [3.05, 3.63) is 65.7 Å². The van der Waals surface area contributed by atoms with Gasteiger partial charge in [-0.25, -0.2) is 12.1 Å². The normalized spacial score (nSPS) is 12.3. The molecule has 3 heteroatoms. The van der Waals surface area contributed by atoms with E-state index in [0.29, 0.717) is 5.57 Å². The molecule has 88 valence electrons. The Hall–Kier alpha value is -1.31. The standard InChI is InChI=1S/C8H10O2.C5H5.Fe/c1-2-6-4-3-5-7(6)8(9)10;1-2-4-5-3-1;/h3-5,9-10H,2H2,1H3;1-5H;/q;-1;. The third kappa shape index (κ3) is 4.47. The molecule has 1 aliphatic carbocycles. The molecule has 0 heterocycles. The molecule has 0 spiro atoms. The SMILES string of the molecule is CCC1=CC=CC1=C(O)O.[Fe].c1cc[cH-]c1. The van der Waals surface area contributed by atoms with E-state index in [9.17, 15) is 0 Å². The smallest absolute Gasteiger partial charge is 0.281 e. The second-order valence-corrected chi connectivity index (χ2v) is 3.10. The molecule has 1 aromatic rings. The van der Waals surface area contributed by atoms with E-state index in [2.05, 4.69) is 0 Å². The average molecular weight is 259 g/mol. The Balaban J connectivity index is 0.000000318. The van der Waals surface area contributed by atoms with E-state index in [1.807, 2.05) is 43.3 Å². The van der Waals surface area contributed by atoms with Crippen molar-refractivity contribution in [1.29, 1.82) is 0 Å². The van der Waals surface area contributed by atoms with Crippen LogP contribution in [0.25, 0.3) is 0 Å². The maximum atomic E-state index is 8.70. The van der Waals surface area contributed by atoms with Crippen molar-refractivity contribution in [2.24, 2.45) is 0 Å². The molecule has 0 saturated heterocycles. The van der Waals surface area contributed by atoms with Gasteiger partial charge in [0, 0.05) is 17.1 Å². The van der Waals surface area contributed by atoms with E-state index in [1.54, 1.807) is 12.2 Å². The first-order valence-corrected chi connectivity index (χ1v) is 4.92. The van der Waals surface area contributed by atoms with Crippen molar-refractivity contribution in [2.45, 2.75) is 13.3 Å². The van der Waals surface area contributed by atoms with Gasteiger partial charge in [0.1, 0.15) is 0 Å². The van der Waals surface area contributed by atoms with Crippen molar-refractivity contribution in [3.63, 3.8) is 0 Å². The maximum Gasteiger partial charge on any atom is 0.281 e. The fourth-order valence-corrected chi connectivity index (χ4v) is 1.30. The number of hydrogen-bond donors (Lipinski definition) is 2. The number of hydrogen-bond acceptors (Lipinski definition) is 2. The van der Waals surface area contributed by atoms with Crippen LogP contribution >= 0.6 is 0 Å².